The standard InChI is InChI=1S/C13H22N2OS/c1-3-5-9-15(8-4-2)13(16)14-11-12-7-6-10-17-12/h6-7,10H,3-5,8-9,11H2,1-2H3,(H,14,16). The number of nitrogens with zero attached hydrogens (tertiary/aromatic N) is 1. The molecule has 4 heteroatoms. The first-order valence-electron chi connectivity index (χ1n) is 6.33. The van der Waals surface area contributed by atoms with Gasteiger partial charge in [-0.2, -0.15) is 0 Å². The molecule has 0 radical (unpaired) electrons. The Morgan fingerprint density at radius 1 is 1.35 bits per heavy atom. The predicted molar refractivity (Wildman–Crippen MR) is 73.3 cm³/mol. The van der Waals surface area contributed by atoms with Crippen molar-refractivity contribution in [1.82, 2.24) is 10.2 Å². The molecular weight excluding hydrogens is 232 g/mol. The Bertz CT molecular complexity index is 311. The Hall–Kier alpha value is -1.03. The van der Waals surface area contributed by atoms with Crippen LogP contribution in [0.4, 0.5) is 4.79 Å². The van der Waals surface area contributed by atoms with Crippen molar-refractivity contribution in [2.75, 3.05) is 13.1 Å². The lowest BCUT2D eigenvalue weighted by Crippen LogP contribution is -2.40. The quantitative estimate of drug-likeness (QED) is 0.794. The van der Waals surface area contributed by atoms with E-state index >= 15 is 0 Å². The Kier molecular flexibility index (Phi) is 6.70. The fourth-order valence-electron chi connectivity index (χ4n) is 1.62. The number of thiophene rings is 1. The van der Waals surface area contributed by atoms with Crippen molar-refractivity contribution in [2.45, 2.75) is 39.7 Å². The molecule has 0 bridgehead atoms. The Morgan fingerprint density at radius 2 is 2.18 bits per heavy atom. The van der Waals surface area contributed by atoms with Crippen LogP contribution in [0, 0.1) is 0 Å². The van der Waals surface area contributed by atoms with Crippen molar-refractivity contribution in [3.8, 4) is 0 Å². The first-order valence-corrected chi connectivity index (χ1v) is 7.21. The molecule has 0 aliphatic carbocycles. The molecule has 0 spiro atoms. The van der Waals surface area contributed by atoms with Gasteiger partial charge in [0.05, 0.1) is 6.54 Å². The van der Waals surface area contributed by atoms with Gasteiger partial charge in [-0.1, -0.05) is 26.3 Å². The molecule has 1 aromatic heterocycles. The van der Waals surface area contributed by atoms with Crippen LogP contribution in [0.2, 0.25) is 0 Å². The zero-order valence-corrected chi connectivity index (χ0v) is 11.6. The SMILES string of the molecule is CCCCN(CCC)C(=O)NCc1cccs1. The molecule has 1 N–H and O–H groups in total. The van der Waals surface area contributed by atoms with Crippen molar-refractivity contribution in [1.29, 1.82) is 0 Å². The molecule has 3 nitrogen and oxygen atoms in total. The highest BCUT2D eigenvalue weighted by molar-refractivity contribution is 7.09. The van der Waals surface area contributed by atoms with Gasteiger partial charge in [0, 0.05) is 18.0 Å². The number of hydrogen-bond donors (Lipinski definition) is 1. The zero-order chi connectivity index (χ0) is 12.5. The maximum atomic E-state index is 12.0. The van der Waals surface area contributed by atoms with Crippen molar-refractivity contribution in [3.05, 3.63) is 22.4 Å². The van der Waals surface area contributed by atoms with E-state index in [0.29, 0.717) is 6.54 Å². The molecule has 17 heavy (non-hydrogen) atoms. The third kappa shape index (κ3) is 5.22. The van der Waals surface area contributed by atoms with Crippen LogP contribution in [0.15, 0.2) is 17.5 Å². The van der Waals surface area contributed by atoms with Crippen LogP contribution in [0.5, 0.6) is 0 Å². The number of unbranched alkanes of at least 4 members (excludes halogenated alkanes) is 1. The lowest BCUT2D eigenvalue weighted by molar-refractivity contribution is 0.196. The summed E-state index contributed by atoms with van der Waals surface area (Å²) in [6.07, 6.45) is 3.21. The Morgan fingerprint density at radius 3 is 2.76 bits per heavy atom. The molecule has 1 rings (SSSR count). The number of carbonyl (C=O) groups excluding carboxylic acids is 1. The van der Waals surface area contributed by atoms with E-state index in [2.05, 4.69) is 19.2 Å². The van der Waals surface area contributed by atoms with Crippen LogP contribution in [-0.2, 0) is 6.54 Å². The largest absolute Gasteiger partial charge is 0.333 e. The van der Waals surface area contributed by atoms with Crippen LogP contribution in [0.1, 0.15) is 38.0 Å². The first-order chi connectivity index (χ1) is 8.27. The number of nitrogens with one attached hydrogen (secondary N) is 1. The second-order valence-corrected chi connectivity index (χ2v) is 5.11. The van der Waals surface area contributed by atoms with E-state index in [0.717, 1.165) is 32.4 Å². The van der Waals surface area contributed by atoms with E-state index in [1.807, 2.05) is 22.4 Å². The summed E-state index contributed by atoms with van der Waals surface area (Å²) in [5.41, 5.74) is 0. The van der Waals surface area contributed by atoms with Gasteiger partial charge in [-0.15, -0.1) is 11.3 Å². The minimum atomic E-state index is 0.0636. The van der Waals surface area contributed by atoms with Crippen molar-refractivity contribution >= 4 is 17.4 Å². The molecule has 1 heterocycles. The lowest BCUT2D eigenvalue weighted by atomic mass is 10.3. The fraction of sp³-hybridized carbons (Fsp3) is 0.615. The van der Waals surface area contributed by atoms with E-state index in [1.165, 1.54) is 4.88 Å². The molecule has 0 fully saturated rings. The summed E-state index contributed by atoms with van der Waals surface area (Å²) in [7, 11) is 0. The van der Waals surface area contributed by atoms with Gasteiger partial charge in [0.1, 0.15) is 0 Å². The molecule has 0 aliphatic heterocycles. The average Bonchev–Trinajstić information content (AvgIpc) is 2.84. The van der Waals surface area contributed by atoms with Gasteiger partial charge in [0.15, 0.2) is 0 Å². The topological polar surface area (TPSA) is 32.3 Å². The van der Waals surface area contributed by atoms with Crippen LogP contribution in [0.25, 0.3) is 0 Å². The molecule has 0 atom stereocenters. The maximum Gasteiger partial charge on any atom is 0.317 e. The van der Waals surface area contributed by atoms with Gasteiger partial charge in [0.2, 0.25) is 0 Å². The maximum absolute atomic E-state index is 12.0. The van der Waals surface area contributed by atoms with Gasteiger partial charge >= 0.3 is 6.03 Å². The van der Waals surface area contributed by atoms with Gasteiger partial charge < -0.3 is 10.2 Å². The monoisotopic (exact) mass is 254 g/mol. The van der Waals surface area contributed by atoms with Crippen molar-refractivity contribution in [3.63, 3.8) is 0 Å². The molecule has 2 amide bonds. The Labute approximate surface area is 108 Å². The summed E-state index contributed by atoms with van der Waals surface area (Å²) < 4.78 is 0. The number of rotatable bonds is 7. The van der Waals surface area contributed by atoms with Crippen molar-refractivity contribution < 1.29 is 4.79 Å². The van der Waals surface area contributed by atoms with Crippen LogP contribution in [-0.4, -0.2) is 24.0 Å². The third-order valence-electron chi connectivity index (χ3n) is 2.56. The molecular formula is C13H22N2OS. The van der Waals surface area contributed by atoms with Crippen LogP contribution in [0.3, 0.4) is 0 Å². The first kappa shape index (κ1) is 14.0. The molecule has 0 aromatic carbocycles. The van der Waals surface area contributed by atoms with E-state index in [-0.39, 0.29) is 6.03 Å². The number of hydrogen-bond acceptors (Lipinski definition) is 2. The number of amides is 2. The number of urea groups is 1. The second kappa shape index (κ2) is 8.12. The summed E-state index contributed by atoms with van der Waals surface area (Å²) in [6.45, 7) is 6.60. The molecule has 0 unspecified atom stereocenters. The molecule has 96 valence electrons. The lowest BCUT2D eigenvalue weighted by Gasteiger charge is -2.22. The normalized spacial score (nSPS) is 10.2. The van der Waals surface area contributed by atoms with Gasteiger partial charge in [0.25, 0.3) is 0 Å². The summed E-state index contributed by atoms with van der Waals surface area (Å²) in [5, 5.41) is 5.01. The highest BCUT2D eigenvalue weighted by Gasteiger charge is 2.11. The van der Waals surface area contributed by atoms with Crippen LogP contribution >= 0.6 is 11.3 Å². The van der Waals surface area contributed by atoms with Gasteiger partial charge in [-0.05, 0) is 24.3 Å². The van der Waals surface area contributed by atoms with E-state index in [1.54, 1.807) is 11.3 Å². The summed E-state index contributed by atoms with van der Waals surface area (Å²) in [6, 6.07) is 4.11. The minimum absolute atomic E-state index is 0.0636. The summed E-state index contributed by atoms with van der Waals surface area (Å²) in [4.78, 5) is 15.1. The average molecular weight is 254 g/mol. The smallest absolute Gasteiger partial charge is 0.317 e. The van der Waals surface area contributed by atoms with E-state index in [4.69, 9.17) is 0 Å². The third-order valence-corrected chi connectivity index (χ3v) is 3.43. The molecule has 0 aliphatic rings. The highest BCUT2D eigenvalue weighted by atomic mass is 32.1. The second-order valence-electron chi connectivity index (χ2n) is 4.08. The summed E-state index contributed by atoms with van der Waals surface area (Å²) >= 11 is 1.67. The van der Waals surface area contributed by atoms with Crippen LogP contribution < -0.4 is 5.32 Å². The van der Waals surface area contributed by atoms with Gasteiger partial charge in [-0.3, -0.25) is 0 Å². The van der Waals surface area contributed by atoms with Gasteiger partial charge in [-0.25, -0.2) is 4.79 Å². The fourth-order valence-corrected chi connectivity index (χ4v) is 2.27. The highest BCUT2D eigenvalue weighted by Crippen LogP contribution is 2.08. The van der Waals surface area contributed by atoms with E-state index < -0.39 is 0 Å². The van der Waals surface area contributed by atoms with Crippen molar-refractivity contribution in [2.24, 2.45) is 0 Å². The Balaban J connectivity index is 2.35. The minimum Gasteiger partial charge on any atom is -0.333 e. The van der Waals surface area contributed by atoms with E-state index in [9.17, 15) is 4.79 Å². The molecule has 1 aromatic rings. The number of carbonyl (C=O) groups is 1. The molecule has 0 saturated carbocycles. The predicted octanol–water partition coefficient (Wildman–Crippen LogP) is 3.47. The zero-order valence-electron chi connectivity index (χ0n) is 10.7. The molecule has 0 saturated heterocycles. The summed E-state index contributed by atoms with van der Waals surface area (Å²) in [5.74, 6) is 0.